The van der Waals surface area contributed by atoms with Crippen LogP contribution in [0, 0.1) is 6.92 Å². The summed E-state index contributed by atoms with van der Waals surface area (Å²) in [6.07, 6.45) is 2.03. The molecule has 0 saturated heterocycles. The normalized spacial score (nSPS) is 11.6. The maximum atomic E-state index is 6.22. The van der Waals surface area contributed by atoms with Crippen LogP contribution in [0.25, 0.3) is 0 Å². The summed E-state index contributed by atoms with van der Waals surface area (Å²) in [6.45, 7) is 3.63. The van der Waals surface area contributed by atoms with Gasteiger partial charge in [0.25, 0.3) is 0 Å². The minimum Gasteiger partial charge on any atom is -0.356 e. The number of guanidine groups is 1. The molecule has 0 atom stereocenters. The first-order chi connectivity index (χ1) is 11.1. The van der Waals surface area contributed by atoms with E-state index in [1.54, 1.807) is 18.4 Å². The molecule has 0 bridgehead atoms. The molecule has 1 heterocycles. The number of halogens is 1. The molecule has 0 aliphatic heterocycles. The maximum absolute atomic E-state index is 6.22. The Kier molecular flexibility index (Phi) is 6.86. The first-order valence-electron chi connectivity index (χ1n) is 7.66. The van der Waals surface area contributed by atoms with E-state index in [2.05, 4.69) is 25.6 Å². The lowest BCUT2D eigenvalue weighted by Crippen LogP contribution is -2.39. The van der Waals surface area contributed by atoms with Crippen molar-refractivity contribution < 1.29 is 0 Å². The standard InChI is InChI=1S/C17H23ClN4S/c1-13-12-23-16(21-13)9-6-10-20-17(19-2)22(3)11-14-7-4-5-8-15(14)18/h4-5,7-8,12H,6,9-11H2,1-3H3,(H,19,20). The van der Waals surface area contributed by atoms with Gasteiger partial charge in [-0.2, -0.15) is 0 Å². The van der Waals surface area contributed by atoms with Gasteiger partial charge in [-0.15, -0.1) is 11.3 Å². The minimum atomic E-state index is 0.727. The SMILES string of the molecule is CN=C(NCCCc1nc(C)cs1)N(C)Cc1ccccc1Cl. The lowest BCUT2D eigenvalue weighted by atomic mass is 10.2. The first kappa shape index (κ1) is 17.8. The lowest BCUT2D eigenvalue weighted by molar-refractivity contribution is 0.476. The minimum absolute atomic E-state index is 0.727. The number of hydrogen-bond donors (Lipinski definition) is 1. The third-order valence-corrected chi connectivity index (χ3v) is 4.85. The van der Waals surface area contributed by atoms with Gasteiger partial charge in [0.15, 0.2) is 5.96 Å². The highest BCUT2D eigenvalue weighted by molar-refractivity contribution is 7.09. The van der Waals surface area contributed by atoms with Gasteiger partial charge in [0, 0.05) is 49.7 Å². The smallest absolute Gasteiger partial charge is 0.193 e. The molecule has 0 amide bonds. The molecule has 6 heteroatoms. The van der Waals surface area contributed by atoms with E-state index in [9.17, 15) is 0 Å². The third-order valence-electron chi connectivity index (χ3n) is 3.46. The van der Waals surface area contributed by atoms with E-state index in [1.165, 1.54) is 5.01 Å². The van der Waals surface area contributed by atoms with E-state index in [4.69, 9.17) is 11.6 Å². The molecule has 0 radical (unpaired) electrons. The van der Waals surface area contributed by atoms with Crippen LogP contribution in [0.3, 0.4) is 0 Å². The van der Waals surface area contributed by atoms with Crippen molar-refractivity contribution in [3.05, 3.63) is 50.9 Å². The molecule has 1 aromatic heterocycles. The van der Waals surface area contributed by atoms with Gasteiger partial charge < -0.3 is 10.2 Å². The average molecular weight is 351 g/mol. The van der Waals surface area contributed by atoms with Crippen molar-refractivity contribution in [3.63, 3.8) is 0 Å². The molecule has 0 fully saturated rings. The van der Waals surface area contributed by atoms with Gasteiger partial charge in [0.05, 0.1) is 5.01 Å². The summed E-state index contributed by atoms with van der Waals surface area (Å²) in [5, 5.41) is 7.48. The van der Waals surface area contributed by atoms with Crippen LogP contribution in [0.5, 0.6) is 0 Å². The van der Waals surface area contributed by atoms with Crippen LogP contribution in [0.15, 0.2) is 34.6 Å². The Hall–Kier alpha value is -1.59. The Morgan fingerprint density at radius 1 is 1.39 bits per heavy atom. The van der Waals surface area contributed by atoms with Crippen molar-refractivity contribution in [2.75, 3.05) is 20.6 Å². The van der Waals surface area contributed by atoms with Gasteiger partial charge in [-0.05, 0) is 25.0 Å². The lowest BCUT2D eigenvalue weighted by Gasteiger charge is -2.22. The topological polar surface area (TPSA) is 40.5 Å². The van der Waals surface area contributed by atoms with Crippen molar-refractivity contribution in [3.8, 4) is 0 Å². The van der Waals surface area contributed by atoms with Crippen molar-refractivity contribution >= 4 is 28.9 Å². The summed E-state index contributed by atoms with van der Waals surface area (Å²) < 4.78 is 0. The Morgan fingerprint density at radius 2 is 2.17 bits per heavy atom. The summed E-state index contributed by atoms with van der Waals surface area (Å²) in [6, 6.07) is 7.90. The van der Waals surface area contributed by atoms with Crippen LogP contribution in [-0.4, -0.2) is 36.5 Å². The predicted octanol–water partition coefficient (Wildman–Crippen LogP) is 3.74. The Morgan fingerprint density at radius 3 is 2.83 bits per heavy atom. The molecule has 0 spiro atoms. The summed E-state index contributed by atoms with van der Waals surface area (Å²) in [4.78, 5) is 10.9. The highest BCUT2D eigenvalue weighted by Gasteiger charge is 2.08. The van der Waals surface area contributed by atoms with Gasteiger partial charge in [0.2, 0.25) is 0 Å². The maximum Gasteiger partial charge on any atom is 0.193 e. The second kappa shape index (κ2) is 8.89. The summed E-state index contributed by atoms with van der Waals surface area (Å²) in [5.74, 6) is 0.875. The fraction of sp³-hybridized carbons (Fsp3) is 0.412. The van der Waals surface area contributed by atoms with E-state index in [0.717, 1.165) is 48.2 Å². The van der Waals surface area contributed by atoms with Gasteiger partial charge >= 0.3 is 0 Å². The van der Waals surface area contributed by atoms with Gasteiger partial charge in [-0.3, -0.25) is 4.99 Å². The molecule has 0 aliphatic carbocycles. The predicted molar refractivity (Wildman–Crippen MR) is 99.5 cm³/mol. The molecule has 23 heavy (non-hydrogen) atoms. The molecular weight excluding hydrogens is 328 g/mol. The quantitative estimate of drug-likeness (QED) is 0.490. The Balaban J connectivity index is 1.79. The number of rotatable bonds is 6. The zero-order chi connectivity index (χ0) is 16.7. The summed E-state index contributed by atoms with van der Waals surface area (Å²) >= 11 is 7.95. The van der Waals surface area contributed by atoms with Crippen LogP contribution in [0.4, 0.5) is 0 Å². The molecule has 2 rings (SSSR count). The van der Waals surface area contributed by atoms with Crippen LogP contribution in [0.1, 0.15) is 22.7 Å². The van der Waals surface area contributed by atoms with Crippen LogP contribution in [0.2, 0.25) is 5.02 Å². The highest BCUT2D eigenvalue weighted by Crippen LogP contribution is 2.16. The average Bonchev–Trinajstić information content (AvgIpc) is 2.95. The molecule has 2 aromatic rings. The summed E-state index contributed by atoms with van der Waals surface area (Å²) in [5.41, 5.74) is 2.20. The number of nitrogens with one attached hydrogen (secondary N) is 1. The van der Waals surface area contributed by atoms with Gasteiger partial charge in [-0.1, -0.05) is 29.8 Å². The molecule has 0 saturated carbocycles. The molecule has 4 nitrogen and oxygen atoms in total. The molecule has 0 aliphatic rings. The second-order valence-electron chi connectivity index (χ2n) is 5.41. The Bertz CT molecular complexity index is 654. The number of hydrogen-bond acceptors (Lipinski definition) is 3. The van der Waals surface area contributed by atoms with Crippen molar-refractivity contribution in [2.45, 2.75) is 26.3 Å². The first-order valence-corrected chi connectivity index (χ1v) is 8.92. The van der Waals surface area contributed by atoms with E-state index >= 15 is 0 Å². The van der Waals surface area contributed by atoms with E-state index in [-0.39, 0.29) is 0 Å². The third kappa shape index (κ3) is 5.52. The van der Waals surface area contributed by atoms with E-state index < -0.39 is 0 Å². The van der Waals surface area contributed by atoms with E-state index in [0.29, 0.717) is 0 Å². The highest BCUT2D eigenvalue weighted by atomic mass is 35.5. The zero-order valence-corrected chi connectivity index (χ0v) is 15.4. The number of aromatic nitrogens is 1. The zero-order valence-electron chi connectivity index (χ0n) is 13.8. The van der Waals surface area contributed by atoms with Crippen LogP contribution in [-0.2, 0) is 13.0 Å². The summed E-state index contributed by atoms with van der Waals surface area (Å²) in [7, 11) is 3.82. The molecule has 1 N–H and O–H groups in total. The number of aliphatic imine (C=N–C) groups is 1. The number of aryl methyl sites for hydroxylation is 2. The van der Waals surface area contributed by atoms with Crippen molar-refractivity contribution in [1.29, 1.82) is 0 Å². The van der Waals surface area contributed by atoms with Gasteiger partial charge in [-0.25, -0.2) is 4.98 Å². The van der Waals surface area contributed by atoms with Crippen molar-refractivity contribution in [2.24, 2.45) is 4.99 Å². The van der Waals surface area contributed by atoms with Crippen molar-refractivity contribution in [1.82, 2.24) is 15.2 Å². The molecule has 1 aromatic carbocycles. The molecule has 0 unspecified atom stereocenters. The number of benzene rings is 1. The number of thiazole rings is 1. The van der Waals surface area contributed by atoms with Crippen LogP contribution < -0.4 is 5.32 Å². The van der Waals surface area contributed by atoms with Crippen LogP contribution >= 0.6 is 22.9 Å². The largest absolute Gasteiger partial charge is 0.356 e. The molecular formula is C17H23ClN4S. The Labute approximate surface area is 147 Å². The number of nitrogens with zero attached hydrogens (tertiary/aromatic N) is 3. The van der Waals surface area contributed by atoms with Gasteiger partial charge in [0.1, 0.15) is 0 Å². The fourth-order valence-corrected chi connectivity index (χ4v) is 3.31. The molecule has 124 valence electrons. The van der Waals surface area contributed by atoms with E-state index in [1.807, 2.05) is 38.2 Å². The fourth-order valence-electron chi connectivity index (χ4n) is 2.30. The monoisotopic (exact) mass is 350 g/mol. The second-order valence-corrected chi connectivity index (χ2v) is 6.76.